The monoisotopic (exact) mass is 324 g/mol. The first kappa shape index (κ1) is 16.0. The van der Waals surface area contributed by atoms with Gasteiger partial charge in [-0.1, -0.05) is 43.0 Å². The quantitative estimate of drug-likeness (QED) is 0.757. The molecule has 1 aromatic heterocycles. The molecule has 1 atom stereocenters. The minimum Gasteiger partial charge on any atom is -0.385 e. The summed E-state index contributed by atoms with van der Waals surface area (Å²) in [6.07, 6.45) is 1.09. The smallest absolute Gasteiger partial charge is 0.265 e. The third-order valence-electron chi connectivity index (χ3n) is 4.02. The Morgan fingerprint density at radius 2 is 1.96 bits per heavy atom. The number of rotatable bonds is 6. The summed E-state index contributed by atoms with van der Waals surface area (Å²) in [4.78, 5) is 18.7. The summed E-state index contributed by atoms with van der Waals surface area (Å²) in [5.74, 6) is 0.268. The van der Waals surface area contributed by atoms with Crippen LogP contribution in [0.3, 0.4) is 0 Å². The Bertz CT molecular complexity index is 826. The van der Waals surface area contributed by atoms with Gasteiger partial charge in [-0.15, -0.1) is 5.10 Å². The molecular formula is C18H20N4O2. The molecule has 1 heterocycles. The van der Waals surface area contributed by atoms with Gasteiger partial charge in [-0.05, 0) is 47.4 Å². The number of hydrogen-bond acceptors (Lipinski definition) is 4. The van der Waals surface area contributed by atoms with Gasteiger partial charge >= 0.3 is 0 Å². The van der Waals surface area contributed by atoms with Gasteiger partial charge in [0.25, 0.3) is 5.91 Å². The Morgan fingerprint density at radius 1 is 1.21 bits per heavy atom. The molecule has 6 heteroatoms. The first-order valence-corrected chi connectivity index (χ1v) is 8.01. The summed E-state index contributed by atoms with van der Waals surface area (Å²) >= 11 is 0. The molecule has 3 aromatic rings. The zero-order chi connectivity index (χ0) is 16.9. The zero-order valence-electron chi connectivity index (χ0n) is 13.8. The van der Waals surface area contributed by atoms with Crippen LogP contribution in [0.5, 0.6) is 0 Å². The number of amides is 1. The minimum atomic E-state index is -0.245. The number of anilines is 1. The van der Waals surface area contributed by atoms with Crippen LogP contribution in [0.1, 0.15) is 31.7 Å². The second-order valence-corrected chi connectivity index (χ2v) is 5.70. The van der Waals surface area contributed by atoms with Crippen molar-refractivity contribution < 1.29 is 9.63 Å². The van der Waals surface area contributed by atoms with Gasteiger partial charge in [0.1, 0.15) is 11.0 Å². The summed E-state index contributed by atoms with van der Waals surface area (Å²) < 4.78 is 0. The molecule has 124 valence electrons. The molecule has 0 spiro atoms. The molecule has 2 aromatic carbocycles. The highest BCUT2D eigenvalue weighted by atomic mass is 16.7. The van der Waals surface area contributed by atoms with Crippen molar-refractivity contribution in [3.8, 4) is 0 Å². The number of para-hydroxylation sites is 1. The van der Waals surface area contributed by atoms with Crippen molar-refractivity contribution in [1.82, 2.24) is 15.2 Å². The summed E-state index contributed by atoms with van der Waals surface area (Å²) in [5.41, 5.74) is 3.46. The highest BCUT2D eigenvalue weighted by molar-refractivity contribution is 5.91. The van der Waals surface area contributed by atoms with E-state index < -0.39 is 0 Å². The molecule has 3 rings (SSSR count). The van der Waals surface area contributed by atoms with Crippen LogP contribution in [0.4, 0.5) is 5.69 Å². The Hall–Kier alpha value is -2.89. The van der Waals surface area contributed by atoms with Crippen molar-refractivity contribution in [3.63, 3.8) is 0 Å². The second-order valence-electron chi connectivity index (χ2n) is 5.70. The molecule has 0 radical (unpaired) electrons. The summed E-state index contributed by atoms with van der Waals surface area (Å²) in [5, 5.41) is 10.7. The lowest BCUT2D eigenvalue weighted by Crippen LogP contribution is -2.26. The van der Waals surface area contributed by atoms with Crippen molar-refractivity contribution in [3.05, 3.63) is 54.1 Å². The Balaban J connectivity index is 1.57. The van der Waals surface area contributed by atoms with Crippen LogP contribution >= 0.6 is 0 Å². The molecule has 0 fully saturated rings. The summed E-state index contributed by atoms with van der Waals surface area (Å²) in [7, 11) is 0. The maximum absolute atomic E-state index is 12.0. The number of carbonyl (C=O) groups is 1. The molecule has 6 nitrogen and oxygen atoms in total. The maximum Gasteiger partial charge on any atom is 0.265 e. The van der Waals surface area contributed by atoms with E-state index in [4.69, 9.17) is 4.84 Å². The van der Waals surface area contributed by atoms with Gasteiger partial charge < -0.3 is 10.2 Å². The van der Waals surface area contributed by atoms with E-state index in [0.29, 0.717) is 5.92 Å². The van der Waals surface area contributed by atoms with Gasteiger partial charge in [0, 0.05) is 5.69 Å². The Morgan fingerprint density at radius 3 is 2.71 bits per heavy atom. The molecule has 1 amide bonds. The number of aromatic nitrogens is 3. The summed E-state index contributed by atoms with van der Waals surface area (Å²) in [6, 6.07) is 15.3. The number of fused-ring (bicyclic) bond motifs is 1. The van der Waals surface area contributed by atoms with Crippen molar-refractivity contribution in [2.45, 2.75) is 26.2 Å². The highest BCUT2D eigenvalue weighted by Gasteiger charge is 2.08. The van der Waals surface area contributed by atoms with E-state index in [1.165, 1.54) is 10.4 Å². The SMILES string of the molecule is CC[C@H](C)c1ccc(NC(=O)COn2nnc3ccccc32)cc1. The first-order chi connectivity index (χ1) is 11.7. The lowest BCUT2D eigenvalue weighted by Gasteiger charge is -2.10. The summed E-state index contributed by atoms with van der Waals surface area (Å²) in [6.45, 7) is 4.20. The van der Waals surface area contributed by atoms with E-state index in [2.05, 4.69) is 29.5 Å². The van der Waals surface area contributed by atoms with Crippen LogP contribution < -0.4 is 10.2 Å². The van der Waals surface area contributed by atoms with Crippen molar-refractivity contribution >= 4 is 22.6 Å². The van der Waals surface area contributed by atoms with Crippen LogP contribution in [-0.4, -0.2) is 27.7 Å². The topological polar surface area (TPSA) is 69.0 Å². The lowest BCUT2D eigenvalue weighted by molar-refractivity contribution is -0.121. The van der Waals surface area contributed by atoms with Crippen molar-refractivity contribution in [2.24, 2.45) is 0 Å². The van der Waals surface area contributed by atoms with E-state index in [1.807, 2.05) is 48.5 Å². The van der Waals surface area contributed by atoms with E-state index in [-0.39, 0.29) is 12.5 Å². The second kappa shape index (κ2) is 7.12. The fourth-order valence-corrected chi connectivity index (χ4v) is 2.39. The van der Waals surface area contributed by atoms with Gasteiger partial charge in [-0.2, -0.15) is 0 Å². The van der Waals surface area contributed by atoms with Crippen LogP contribution in [0.15, 0.2) is 48.5 Å². The average molecular weight is 324 g/mol. The number of carbonyl (C=O) groups excluding carboxylic acids is 1. The third-order valence-corrected chi connectivity index (χ3v) is 4.02. The molecule has 1 N–H and O–H groups in total. The van der Waals surface area contributed by atoms with E-state index >= 15 is 0 Å². The highest BCUT2D eigenvalue weighted by Crippen LogP contribution is 2.20. The van der Waals surface area contributed by atoms with E-state index in [9.17, 15) is 4.79 Å². The number of nitrogens with zero attached hydrogens (tertiary/aromatic N) is 3. The fraction of sp³-hybridized carbons (Fsp3) is 0.278. The van der Waals surface area contributed by atoms with Gasteiger partial charge in [-0.3, -0.25) is 4.79 Å². The van der Waals surface area contributed by atoms with Gasteiger partial charge in [0.05, 0.1) is 0 Å². The Kier molecular flexibility index (Phi) is 4.74. The molecule has 0 saturated heterocycles. The standard InChI is InChI=1S/C18H20N4O2/c1-3-13(2)14-8-10-15(11-9-14)19-18(23)12-24-22-17-7-5-4-6-16(17)20-21-22/h4-11,13H,3,12H2,1-2H3,(H,19,23)/t13-/m0/s1. The molecular weight excluding hydrogens is 304 g/mol. The minimum absolute atomic E-state index is 0.138. The molecule has 0 aliphatic carbocycles. The van der Waals surface area contributed by atoms with E-state index in [0.717, 1.165) is 23.1 Å². The largest absolute Gasteiger partial charge is 0.385 e. The number of benzene rings is 2. The van der Waals surface area contributed by atoms with Gasteiger partial charge in [0.15, 0.2) is 6.61 Å². The van der Waals surface area contributed by atoms with Gasteiger partial charge in [0.2, 0.25) is 0 Å². The zero-order valence-corrected chi connectivity index (χ0v) is 13.8. The number of hydrogen-bond donors (Lipinski definition) is 1. The molecule has 0 aliphatic heterocycles. The normalized spacial score (nSPS) is 12.1. The molecule has 0 saturated carbocycles. The van der Waals surface area contributed by atoms with Gasteiger partial charge in [-0.25, -0.2) is 0 Å². The predicted octanol–water partition coefficient (Wildman–Crippen LogP) is 3.01. The average Bonchev–Trinajstić information content (AvgIpc) is 3.03. The van der Waals surface area contributed by atoms with E-state index in [1.54, 1.807) is 0 Å². The van der Waals surface area contributed by atoms with Crippen LogP contribution in [0.25, 0.3) is 11.0 Å². The van der Waals surface area contributed by atoms with Crippen molar-refractivity contribution in [2.75, 3.05) is 11.9 Å². The first-order valence-electron chi connectivity index (χ1n) is 8.01. The van der Waals surface area contributed by atoms with Crippen LogP contribution in [0.2, 0.25) is 0 Å². The van der Waals surface area contributed by atoms with Crippen LogP contribution in [-0.2, 0) is 4.79 Å². The molecule has 0 unspecified atom stereocenters. The van der Waals surface area contributed by atoms with Crippen LogP contribution in [0, 0.1) is 0 Å². The fourth-order valence-electron chi connectivity index (χ4n) is 2.39. The Labute approximate surface area is 140 Å². The molecule has 24 heavy (non-hydrogen) atoms. The lowest BCUT2D eigenvalue weighted by atomic mass is 9.99. The van der Waals surface area contributed by atoms with Crippen molar-refractivity contribution in [1.29, 1.82) is 0 Å². The predicted molar refractivity (Wildman–Crippen MR) is 92.8 cm³/mol. The third kappa shape index (κ3) is 3.53. The maximum atomic E-state index is 12.0. The molecule has 0 aliphatic rings. The number of nitrogens with one attached hydrogen (secondary N) is 1. The molecule has 0 bridgehead atoms.